The second-order valence-corrected chi connectivity index (χ2v) is 6.87. The minimum atomic E-state index is -0.0308. The molecular formula is C20H22ClN3O2. The maximum absolute atomic E-state index is 12.5. The van der Waals surface area contributed by atoms with Crippen molar-refractivity contribution in [1.82, 2.24) is 9.80 Å². The molecule has 2 aromatic carbocycles. The van der Waals surface area contributed by atoms with Gasteiger partial charge in [0.25, 0.3) is 5.91 Å². The van der Waals surface area contributed by atoms with Gasteiger partial charge in [-0.2, -0.15) is 0 Å². The van der Waals surface area contributed by atoms with E-state index >= 15 is 0 Å². The fourth-order valence-electron chi connectivity index (χ4n) is 2.99. The molecule has 1 heterocycles. The van der Waals surface area contributed by atoms with Gasteiger partial charge < -0.3 is 10.2 Å². The maximum atomic E-state index is 12.5. The number of hydrogen-bond donors (Lipinski definition) is 1. The van der Waals surface area contributed by atoms with Crippen LogP contribution in [0.1, 0.15) is 15.9 Å². The summed E-state index contributed by atoms with van der Waals surface area (Å²) in [5, 5.41) is 3.57. The largest absolute Gasteiger partial charge is 0.336 e. The van der Waals surface area contributed by atoms with Crippen molar-refractivity contribution in [2.24, 2.45) is 0 Å². The number of amides is 2. The Morgan fingerprint density at radius 1 is 1.00 bits per heavy atom. The Balaban J connectivity index is 1.49. The topological polar surface area (TPSA) is 52.7 Å². The van der Waals surface area contributed by atoms with Crippen LogP contribution in [0.2, 0.25) is 5.02 Å². The fourth-order valence-corrected chi connectivity index (χ4v) is 3.12. The summed E-state index contributed by atoms with van der Waals surface area (Å²) < 4.78 is 0. The van der Waals surface area contributed by atoms with Gasteiger partial charge in [0.1, 0.15) is 0 Å². The lowest BCUT2D eigenvalue weighted by Gasteiger charge is -2.34. The summed E-state index contributed by atoms with van der Waals surface area (Å²) in [6.07, 6.45) is 0. The summed E-state index contributed by atoms with van der Waals surface area (Å²) in [6, 6.07) is 14.7. The molecule has 1 fully saturated rings. The highest BCUT2D eigenvalue weighted by Crippen LogP contribution is 2.15. The number of carbonyl (C=O) groups is 2. The van der Waals surface area contributed by atoms with Gasteiger partial charge in [-0.15, -0.1) is 0 Å². The molecule has 0 aliphatic carbocycles. The van der Waals surface area contributed by atoms with Crippen LogP contribution < -0.4 is 5.32 Å². The number of carbonyl (C=O) groups excluding carboxylic acids is 2. The molecule has 0 bridgehead atoms. The summed E-state index contributed by atoms with van der Waals surface area (Å²) in [5.41, 5.74) is 2.52. The van der Waals surface area contributed by atoms with E-state index in [9.17, 15) is 9.59 Å². The molecule has 1 aliphatic rings. The number of halogens is 1. The highest BCUT2D eigenvalue weighted by atomic mass is 35.5. The normalized spacial score (nSPS) is 14.9. The molecule has 1 saturated heterocycles. The van der Waals surface area contributed by atoms with E-state index in [1.807, 2.05) is 36.1 Å². The summed E-state index contributed by atoms with van der Waals surface area (Å²) in [6.45, 7) is 4.88. The molecule has 1 aliphatic heterocycles. The van der Waals surface area contributed by atoms with Crippen LogP contribution in [0.25, 0.3) is 0 Å². The van der Waals surface area contributed by atoms with Gasteiger partial charge in [0, 0.05) is 42.5 Å². The standard InChI is InChI=1S/C20H22ClN3O2/c1-15-4-2-3-5-18(15)22-19(25)14-23-10-12-24(13-11-23)20(26)16-6-8-17(21)9-7-16/h2-9H,10-14H2,1H3,(H,22,25). The highest BCUT2D eigenvalue weighted by Gasteiger charge is 2.23. The van der Waals surface area contributed by atoms with Crippen molar-refractivity contribution in [2.75, 3.05) is 38.0 Å². The monoisotopic (exact) mass is 371 g/mol. The average molecular weight is 372 g/mol. The molecule has 26 heavy (non-hydrogen) atoms. The lowest BCUT2D eigenvalue weighted by molar-refractivity contribution is -0.117. The van der Waals surface area contributed by atoms with Crippen LogP contribution in [0.5, 0.6) is 0 Å². The molecule has 0 spiro atoms. The molecule has 2 amide bonds. The quantitative estimate of drug-likeness (QED) is 0.898. The van der Waals surface area contributed by atoms with E-state index < -0.39 is 0 Å². The zero-order valence-corrected chi connectivity index (χ0v) is 15.5. The second kappa shape index (κ2) is 8.34. The number of aryl methyl sites for hydroxylation is 1. The third kappa shape index (κ3) is 4.62. The van der Waals surface area contributed by atoms with Crippen molar-refractivity contribution in [3.8, 4) is 0 Å². The van der Waals surface area contributed by atoms with Crippen molar-refractivity contribution < 1.29 is 9.59 Å². The highest BCUT2D eigenvalue weighted by molar-refractivity contribution is 6.30. The fraction of sp³-hybridized carbons (Fsp3) is 0.300. The van der Waals surface area contributed by atoms with E-state index in [2.05, 4.69) is 10.2 Å². The Bertz CT molecular complexity index is 784. The number of rotatable bonds is 4. The van der Waals surface area contributed by atoms with E-state index in [0.29, 0.717) is 43.3 Å². The molecular weight excluding hydrogens is 350 g/mol. The molecule has 3 rings (SSSR count). The van der Waals surface area contributed by atoms with Crippen molar-refractivity contribution >= 4 is 29.1 Å². The number of para-hydroxylation sites is 1. The first kappa shape index (κ1) is 18.4. The smallest absolute Gasteiger partial charge is 0.253 e. The van der Waals surface area contributed by atoms with E-state index in [-0.39, 0.29) is 11.8 Å². The van der Waals surface area contributed by atoms with Crippen LogP contribution in [0, 0.1) is 6.92 Å². The number of anilines is 1. The average Bonchev–Trinajstić information content (AvgIpc) is 2.64. The molecule has 0 unspecified atom stereocenters. The van der Waals surface area contributed by atoms with Crippen LogP contribution in [-0.2, 0) is 4.79 Å². The van der Waals surface area contributed by atoms with Crippen molar-refractivity contribution in [1.29, 1.82) is 0 Å². The van der Waals surface area contributed by atoms with Gasteiger partial charge in [0.2, 0.25) is 5.91 Å². The third-order valence-electron chi connectivity index (χ3n) is 4.54. The first-order chi connectivity index (χ1) is 12.5. The second-order valence-electron chi connectivity index (χ2n) is 6.44. The molecule has 6 heteroatoms. The van der Waals surface area contributed by atoms with Gasteiger partial charge in [-0.25, -0.2) is 0 Å². The Kier molecular flexibility index (Phi) is 5.91. The van der Waals surface area contributed by atoms with Crippen LogP contribution in [-0.4, -0.2) is 54.3 Å². The third-order valence-corrected chi connectivity index (χ3v) is 4.79. The van der Waals surface area contributed by atoms with Gasteiger partial charge in [-0.1, -0.05) is 29.8 Å². The van der Waals surface area contributed by atoms with Gasteiger partial charge in [0.15, 0.2) is 0 Å². The molecule has 1 N–H and O–H groups in total. The lowest BCUT2D eigenvalue weighted by atomic mass is 10.2. The number of nitrogens with one attached hydrogen (secondary N) is 1. The summed E-state index contributed by atoms with van der Waals surface area (Å²) in [4.78, 5) is 28.6. The van der Waals surface area contributed by atoms with Gasteiger partial charge in [-0.3, -0.25) is 14.5 Å². The maximum Gasteiger partial charge on any atom is 0.253 e. The Labute approximate surface area is 158 Å². The van der Waals surface area contributed by atoms with Crippen molar-refractivity contribution in [2.45, 2.75) is 6.92 Å². The SMILES string of the molecule is Cc1ccccc1NC(=O)CN1CCN(C(=O)c2ccc(Cl)cc2)CC1. The molecule has 5 nitrogen and oxygen atoms in total. The van der Waals surface area contributed by atoms with Gasteiger partial charge in [-0.05, 0) is 42.8 Å². The lowest BCUT2D eigenvalue weighted by Crippen LogP contribution is -2.50. The zero-order chi connectivity index (χ0) is 18.5. The molecule has 0 atom stereocenters. The summed E-state index contributed by atoms with van der Waals surface area (Å²) in [7, 11) is 0. The number of benzene rings is 2. The van der Waals surface area contributed by atoms with Crippen LogP contribution in [0.15, 0.2) is 48.5 Å². The number of piperazine rings is 1. The molecule has 0 radical (unpaired) electrons. The van der Waals surface area contributed by atoms with Crippen molar-refractivity contribution in [3.05, 3.63) is 64.7 Å². The first-order valence-corrected chi connectivity index (χ1v) is 9.03. The van der Waals surface area contributed by atoms with Crippen LogP contribution in [0.4, 0.5) is 5.69 Å². The molecule has 0 saturated carbocycles. The Hall–Kier alpha value is -2.37. The predicted octanol–water partition coefficient (Wildman–Crippen LogP) is 3.04. The summed E-state index contributed by atoms with van der Waals surface area (Å²) in [5.74, 6) is -0.0255. The number of nitrogens with zero attached hydrogens (tertiary/aromatic N) is 2. The van der Waals surface area contributed by atoms with Crippen molar-refractivity contribution in [3.63, 3.8) is 0 Å². The molecule has 2 aromatic rings. The van der Waals surface area contributed by atoms with Gasteiger partial charge >= 0.3 is 0 Å². The van der Waals surface area contributed by atoms with Gasteiger partial charge in [0.05, 0.1) is 6.54 Å². The number of hydrogen-bond acceptors (Lipinski definition) is 3. The molecule has 136 valence electrons. The minimum Gasteiger partial charge on any atom is -0.336 e. The van der Waals surface area contributed by atoms with E-state index in [1.165, 1.54) is 0 Å². The van der Waals surface area contributed by atoms with E-state index in [0.717, 1.165) is 11.3 Å². The zero-order valence-electron chi connectivity index (χ0n) is 14.7. The van der Waals surface area contributed by atoms with E-state index in [4.69, 9.17) is 11.6 Å². The minimum absolute atomic E-state index is 0.00526. The predicted molar refractivity (Wildman–Crippen MR) is 104 cm³/mol. The van der Waals surface area contributed by atoms with E-state index in [1.54, 1.807) is 24.3 Å². The Morgan fingerprint density at radius 3 is 2.31 bits per heavy atom. The van der Waals surface area contributed by atoms with Crippen LogP contribution in [0.3, 0.4) is 0 Å². The Morgan fingerprint density at radius 2 is 1.65 bits per heavy atom. The first-order valence-electron chi connectivity index (χ1n) is 8.65. The molecule has 0 aromatic heterocycles. The van der Waals surface area contributed by atoms with Crippen LogP contribution >= 0.6 is 11.6 Å². The summed E-state index contributed by atoms with van der Waals surface area (Å²) >= 11 is 5.87.